The smallest absolute Gasteiger partial charge is 0.405 e. The fourth-order valence-corrected chi connectivity index (χ4v) is 4.12. The van der Waals surface area contributed by atoms with E-state index in [1.54, 1.807) is 15.6 Å². The molecule has 0 amide bonds. The van der Waals surface area contributed by atoms with Gasteiger partial charge in [-0.2, -0.15) is 0 Å². The second-order valence-electron chi connectivity index (χ2n) is 13.4. The highest BCUT2D eigenvalue weighted by Gasteiger charge is 2.63. The molecule has 222 valence electrons. The summed E-state index contributed by atoms with van der Waals surface area (Å²) in [6.45, 7) is 24.3. The quantitative estimate of drug-likeness (QED) is 0.462. The van der Waals surface area contributed by atoms with Gasteiger partial charge >= 0.3 is 21.1 Å². The molecule has 0 atom stereocenters. The number of hydrogen-bond donors (Lipinski definition) is 0. The molecule has 0 unspecified atom stereocenters. The molecule has 0 N–H and O–H groups in total. The first-order valence-electron chi connectivity index (χ1n) is 13.4. The van der Waals surface area contributed by atoms with Gasteiger partial charge in [-0.15, -0.1) is 10.2 Å². The van der Waals surface area contributed by atoms with Gasteiger partial charge in [0.15, 0.2) is 0 Å². The van der Waals surface area contributed by atoms with Gasteiger partial charge in [0.25, 0.3) is 0 Å². The molecule has 3 aliphatic heterocycles. The number of aryl methyl sites for hydroxylation is 2. The molecule has 5 heterocycles. The van der Waals surface area contributed by atoms with Crippen LogP contribution in [0.4, 0.5) is 0 Å². The van der Waals surface area contributed by atoms with Crippen LogP contribution in [0, 0.1) is 0 Å². The second-order valence-corrected chi connectivity index (χ2v) is 14.2. The van der Waals surface area contributed by atoms with Gasteiger partial charge in [-0.25, -0.2) is 0 Å². The molecule has 5 rings (SSSR count). The Kier molecular flexibility index (Phi) is 9.21. The molecular formula is C24H44B3BrN6O6. The Labute approximate surface area is 248 Å². The Morgan fingerprint density at radius 1 is 0.550 bits per heavy atom. The van der Waals surface area contributed by atoms with Crippen LogP contribution in [0.5, 0.6) is 0 Å². The van der Waals surface area contributed by atoms with Crippen molar-refractivity contribution in [2.75, 3.05) is 0 Å². The van der Waals surface area contributed by atoms with Gasteiger partial charge in [-0.05, 0) is 99.0 Å². The summed E-state index contributed by atoms with van der Waals surface area (Å²) in [5, 5.41) is 15.1. The number of rotatable bonds is 2. The lowest BCUT2D eigenvalue weighted by atomic mass is 9.49. The zero-order valence-electron chi connectivity index (χ0n) is 26.4. The summed E-state index contributed by atoms with van der Waals surface area (Å²) in [6.07, 6.45) is 3.59. The third-order valence-corrected chi connectivity index (χ3v) is 8.82. The lowest BCUT2D eigenvalue weighted by molar-refractivity contribution is 0.00578. The van der Waals surface area contributed by atoms with E-state index in [4.69, 9.17) is 27.9 Å². The van der Waals surface area contributed by atoms with E-state index in [-0.39, 0.29) is 33.6 Å². The summed E-state index contributed by atoms with van der Waals surface area (Å²) >= 11 is 3.14. The first kappa shape index (κ1) is 33.2. The minimum absolute atomic E-state index is 0.324. The summed E-state index contributed by atoms with van der Waals surface area (Å²) in [5.41, 5.74) is -1.37. The zero-order valence-corrected chi connectivity index (χ0v) is 28.0. The van der Waals surface area contributed by atoms with Crippen LogP contribution in [-0.2, 0) is 42.0 Å². The first-order chi connectivity index (χ1) is 18.0. The Bertz CT molecular complexity index is 1070. The molecule has 3 aliphatic rings. The largest absolute Gasteiger partial charge is 0.518 e. The highest BCUT2D eigenvalue weighted by atomic mass is 79.9. The molecule has 0 bridgehead atoms. The zero-order chi connectivity index (χ0) is 30.5. The van der Waals surface area contributed by atoms with Gasteiger partial charge in [0.2, 0.25) is 0 Å². The number of nitrogens with zero attached hydrogens (tertiary/aromatic N) is 6. The third kappa shape index (κ3) is 7.01. The maximum atomic E-state index is 5.96. The average Bonchev–Trinajstić information content (AvgIpc) is 3.52. The lowest BCUT2D eigenvalue weighted by Crippen LogP contribution is -2.41. The average molecular weight is 625 g/mol. The van der Waals surface area contributed by atoms with Crippen LogP contribution >= 0.6 is 15.9 Å². The van der Waals surface area contributed by atoms with Crippen molar-refractivity contribution in [3.8, 4) is 0 Å². The molecule has 2 aromatic rings. The summed E-state index contributed by atoms with van der Waals surface area (Å²) in [5.74, 6) is 0. The van der Waals surface area contributed by atoms with E-state index in [2.05, 4.69) is 36.6 Å². The van der Waals surface area contributed by atoms with Crippen LogP contribution in [0.25, 0.3) is 0 Å². The van der Waals surface area contributed by atoms with E-state index in [0.29, 0.717) is 0 Å². The lowest BCUT2D eigenvalue weighted by Gasteiger charge is -2.32. The maximum Gasteiger partial charge on any atom is 0.518 e. The summed E-state index contributed by atoms with van der Waals surface area (Å²) in [7, 11) is 2.27. The van der Waals surface area contributed by atoms with Gasteiger partial charge in [0.1, 0.15) is 10.2 Å². The Balaban J connectivity index is 0.000000180. The summed E-state index contributed by atoms with van der Waals surface area (Å²) in [4.78, 5) is 0. The molecule has 12 nitrogen and oxygen atoms in total. The molecule has 2 aromatic heterocycles. The van der Waals surface area contributed by atoms with Crippen LogP contribution in [0.3, 0.4) is 0 Å². The van der Waals surface area contributed by atoms with Crippen molar-refractivity contribution in [3.05, 3.63) is 17.0 Å². The first-order valence-corrected chi connectivity index (χ1v) is 14.2. The van der Waals surface area contributed by atoms with Crippen molar-refractivity contribution in [2.45, 2.75) is 117 Å². The van der Waals surface area contributed by atoms with Crippen molar-refractivity contribution in [1.29, 1.82) is 0 Å². The van der Waals surface area contributed by atoms with Crippen LogP contribution in [0.1, 0.15) is 83.1 Å². The number of halogens is 1. The van der Waals surface area contributed by atoms with Crippen molar-refractivity contribution < 1.29 is 27.9 Å². The molecule has 0 radical (unpaired) electrons. The second kappa shape index (κ2) is 11.1. The molecule has 0 spiro atoms. The van der Waals surface area contributed by atoms with Gasteiger partial charge in [0.05, 0.1) is 39.8 Å². The molecule has 3 saturated heterocycles. The molecule has 0 aliphatic carbocycles. The van der Waals surface area contributed by atoms with E-state index in [0.717, 1.165) is 10.2 Å². The minimum Gasteiger partial charge on any atom is -0.405 e. The van der Waals surface area contributed by atoms with Crippen molar-refractivity contribution >= 4 is 42.7 Å². The molecule has 0 aromatic carbocycles. The van der Waals surface area contributed by atoms with Crippen LogP contribution in [0.15, 0.2) is 17.0 Å². The topological polar surface area (TPSA) is 117 Å². The standard InChI is InChI=1S/C12H24B2O4.C9H16BN3O2.C3H4BrN3/c1-9(2)10(3,4)16-13(15-9)14-17-11(5,6)12(7,8)18-14;1-8(2)9(3,4)15-10(14-8)7-6-13(5)12-11-7;1-7-2-3(4)5-6-7/h1-8H3;6H,1-5H3;2H,1H3. The predicted octanol–water partition coefficient (Wildman–Crippen LogP) is 2.94. The summed E-state index contributed by atoms with van der Waals surface area (Å²) < 4.78 is 39.5. The van der Waals surface area contributed by atoms with Gasteiger partial charge < -0.3 is 27.9 Å². The molecule has 0 saturated carbocycles. The van der Waals surface area contributed by atoms with Gasteiger partial charge in [-0.1, -0.05) is 10.4 Å². The minimum atomic E-state index is -0.476. The van der Waals surface area contributed by atoms with Crippen LogP contribution in [0.2, 0.25) is 0 Å². The van der Waals surface area contributed by atoms with E-state index in [1.165, 1.54) is 0 Å². The molecule has 16 heteroatoms. The fourth-order valence-electron chi connectivity index (χ4n) is 3.76. The molecular weight excluding hydrogens is 581 g/mol. The highest BCUT2D eigenvalue weighted by Crippen LogP contribution is 2.43. The van der Waals surface area contributed by atoms with Crippen molar-refractivity contribution in [3.63, 3.8) is 0 Å². The predicted molar refractivity (Wildman–Crippen MR) is 158 cm³/mol. The Morgan fingerprint density at radius 3 is 1.12 bits per heavy atom. The Hall–Kier alpha value is -1.29. The molecule has 40 heavy (non-hydrogen) atoms. The van der Waals surface area contributed by atoms with Gasteiger partial charge in [-0.3, -0.25) is 9.36 Å². The monoisotopic (exact) mass is 624 g/mol. The van der Waals surface area contributed by atoms with E-state index in [1.807, 2.05) is 103 Å². The van der Waals surface area contributed by atoms with E-state index < -0.39 is 21.1 Å². The SMILES string of the molecule is CC1(C)OB(B2OC(C)(C)C(C)(C)O2)OC1(C)C.Cn1cc(B2OC(C)(C)C(C)(C)O2)nn1.Cn1cc(Br)nn1. The highest BCUT2D eigenvalue weighted by molar-refractivity contribution is 9.10. The number of aromatic nitrogens is 6. The van der Waals surface area contributed by atoms with Crippen LogP contribution in [-0.4, -0.2) is 84.7 Å². The van der Waals surface area contributed by atoms with E-state index in [9.17, 15) is 0 Å². The van der Waals surface area contributed by atoms with Crippen molar-refractivity contribution in [2.24, 2.45) is 14.1 Å². The maximum absolute atomic E-state index is 5.96. The summed E-state index contributed by atoms with van der Waals surface area (Å²) in [6, 6.07) is 0. The Morgan fingerprint density at radius 2 is 0.875 bits per heavy atom. The normalized spacial score (nSPS) is 24.8. The van der Waals surface area contributed by atoms with Crippen molar-refractivity contribution in [1.82, 2.24) is 30.0 Å². The van der Waals surface area contributed by atoms with Gasteiger partial charge in [0, 0.05) is 20.3 Å². The fraction of sp³-hybridized carbons (Fsp3) is 0.833. The van der Waals surface area contributed by atoms with Crippen LogP contribution < -0.4 is 5.59 Å². The van der Waals surface area contributed by atoms with E-state index >= 15 is 0 Å². The third-order valence-electron chi connectivity index (χ3n) is 8.45. The number of hydrogen-bond acceptors (Lipinski definition) is 10. The molecule has 3 fully saturated rings.